The van der Waals surface area contributed by atoms with Crippen LogP contribution in [0.1, 0.15) is 10.4 Å². The fourth-order valence-electron chi connectivity index (χ4n) is 3.00. The third-order valence-electron chi connectivity index (χ3n) is 4.62. The fraction of sp³-hybridized carbons (Fsp3) is 0.0435. The molecule has 1 heterocycles. The summed E-state index contributed by atoms with van der Waals surface area (Å²) in [6.07, 6.45) is 1.14. The minimum absolute atomic E-state index is 0.198. The van der Waals surface area contributed by atoms with Gasteiger partial charge in [-0.3, -0.25) is 10.1 Å². The second-order valence-electron chi connectivity index (χ2n) is 6.96. The highest BCUT2D eigenvalue weighted by Crippen LogP contribution is 2.39. The van der Waals surface area contributed by atoms with Crippen molar-refractivity contribution in [3.05, 3.63) is 88.6 Å². The van der Waals surface area contributed by atoms with Gasteiger partial charge < -0.3 is 0 Å². The summed E-state index contributed by atoms with van der Waals surface area (Å²) < 4.78 is 37.9. The number of nitrogens with zero attached hydrogens (tertiary/aromatic N) is 1. The topological polar surface area (TPSA) is 76.1 Å². The summed E-state index contributed by atoms with van der Waals surface area (Å²) in [5, 5.41) is 3.18. The number of anilines is 1. The van der Waals surface area contributed by atoms with Crippen LogP contribution in [-0.2, 0) is 9.84 Å². The monoisotopic (exact) mass is 530 g/mol. The lowest BCUT2D eigenvalue weighted by molar-refractivity contribution is 0.102. The highest BCUT2D eigenvalue weighted by atomic mass is 79.9. The van der Waals surface area contributed by atoms with Gasteiger partial charge in [-0.2, -0.15) is 0 Å². The lowest BCUT2D eigenvalue weighted by Gasteiger charge is -2.04. The first-order valence-corrected chi connectivity index (χ1v) is 12.8. The Morgan fingerprint density at radius 3 is 2.12 bits per heavy atom. The van der Waals surface area contributed by atoms with Crippen molar-refractivity contribution >= 4 is 48.1 Å². The number of amides is 1. The molecule has 3 aromatic carbocycles. The first-order chi connectivity index (χ1) is 15.2. The first kappa shape index (κ1) is 22.3. The molecule has 4 rings (SSSR count). The largest absolute Gasteiger partial charge is 0.298 e. The van der Waals surface area contributed by atoms with E-state index < -0.39 is 9.84 Å². The van der Waals surface area contributed by atoms with Crippen LogP contribution in [0.15, 0.2) is 82.2 Å². The molecule has 0 atom stereocenters. The molecule has 0 radical (unpaired) electrons. The van der Waals surface area contributed by atoms with Gasteiger partial charge in [-0.15, -0.1) is 0 Å². The molecule has 0 aliphatic rings. The van der Waals surface area contributed by atoms with Crippen molar-refractivity contribution in [2.24, 2.45) is 0 Å². The van der Waals surface area contributed by atoms with Crippen molar-refractivity contribution in [3.63, 3.8) is 0 Å². The molecule has 162 valence electrons. The zero-order chi connectivity index (χ0) is 22.9. The number of sulfone groups is 1. The van der Waals surface area contributed by atoms with E-state index in [1.165, 1.54) is 35.6 Å². The summed E-state index contributed by atoms with van der Waals surface area (Å²) in [6.45, 7) is 0. The van der Waals surface area contributed by atoms with Crippen LogP contribution in [0.25, 0.3) is 21.7 Å². The number of aromatic nitrogens is 1. The Balaban J connectivity index is 1.74. The van der Waals surface area contributed by atoms with Gasteiger partial charge in [-0.1, -0.05) is 51.5 Å². The molecule has 0 fully saturated rings. The van der Waals surface area contributed by atoms with Gasteiger partial charge in [-0.25, -0.2) is 17.8 Å². The fourth-order valence-corrected chi connectivity index (χ4v) is 4.88. The van der Waals surface area contributed by atoms with Gasteiger partial charge in [0, 0.05) is 21.9 Å². The maximum absolute atomic E-state index is 13.4. The molecule has 5 nitrogen and oxygen atoms in total. The number of hydrogen-bond donors (Lipinski definition) is 1. The molecule has 9 heteroatoms. The Morgan fingerprint density at radius 2 is 1.53 bits per heavy atom. The third kappa shape index (κ3) is 4.95. The number of halogens is 2. The standard InChI is InChI=1S/C23H16BrFN2O3S2/c1-32(29,30)19-12-6-14(7-13-19)20-21(15-4-10-18(25)11-5-15)31-23(26-20)27-22(28)16-2-8-17(24)9-3-16/h2-13H,1H3,(H,26,27,28). The van der Waals surface area contributed by atoms with Gasteiger partial charge in [0.25, 0.3) is 5.91 Å². The van der Waals surface area contributed by atoms with Gasteiger partial charge in [0.1, 0.15) is 5.82 Å². The highest BCUT2D eigenvalue weighted by molar-refractivity contribution is 9.10. The Labute approximate surface area is 197 Å². The van der Waals surface area contributed by atoms with E-state index in [2.05, 4.69) is 26.2 Å². The van der Waals surface area contributed by atoms with E-state index in [1.807, 2.05) is 0 Å². The molecule has 1 N–H and O–H groups in total. The predicted octanol–water partition coefficient (Wildman–Crippen LogP) is 6.03. The minimum Gasteiger partial charge on any atom is -0.298 e. The molecular weight excluding hydrogens is 515 g/mol. The van der Waals surface area contributed by atoms with Gasteiger partial charge in [0.2, 0.25) is 0 Å². The van der Waals surface area contributed by atoms with E-state index in [-0.39, 0.29) is 16.6 Å². The summed E-state index contributed by atoms with van der Waals surface area (Å²) in [6, 6.07) is 19.3. The molecule has 0 saturated carbocycles. The van der Waals surface area contributed by atoms with E-state index in [0.717, 1.165) is 21.2 Å². The normalized spacial score (nSPS) is 11.3. The second-order valence-corrected chi connectivity index (χ2v) is 10.9. The molecule has 32 heavy (non-hydrogen) atoms. The lowest BCUT2D eigenvalue weighted by atomic mass is 10.1. The van der Waals surface area contributed by atoms with Crippen LogP contribution in [0, 0.1) is 5.82 Å². The summed E-state index contributed by atoms with van der Waals surface area (Å²) in [5.41, 5.74) is 2.45. The molecule has 0 saturated heterocycles. The summed E-state index contributed by atoms with van der Waals surface area (Å²) in [4.78, 5) is 18.2. The van der Waals surface area contributed by atoms with Gasteiger partial charge in [0.15, 0.2) is 15.0 Å². The van der Waals surface area contributed by atoms with Crippen molar-refractivity contribution in [2.45, 2.75) is 4.90 Å². The molecule has 0 spiro atoms. The first-order valence-electron chi connectivity index (χ1n) is 9.35. The van der Waals surface area contributed by atoms with E-state index in [0.29, 0.717) is 22.0 Å². The zero-order valence-electron chi connectivity index (χ0n) is 16.7. The van der Waals surface area contributed by atoms with Crippen LogP contribution < -0.4 is 5.32 Å². The predicted molar refractivity (Wildman–Crippen MR) is 128 cm³/mol. The maximum Gasteiger partial charge on any atom is 0.257 e. The van der Waals surface area contributed by atoms with Crippen LogP contribution in [0.5, 0.6) is 0 Å². The van der Waals surface area contributed by atoms with Crippen LogP contribution in [0.2, 0.25) is 0 Å². The molecule has 0 aliphatic carbocycles. The van der Waals surface area contributed by atoms with Gasteiger partial charge in [-0.05, 0) is 54.1 Å². The molecule has 1 amide bonds. The smallest absolute Gasteiger partial charge is 0.257 e. The Morgan fingerprint density at radius 1 is 0.938 bits per heavy atom. The molecule has 0 bridgehead atoms. The molecular formula is C23H16BrFN2O3S2. The maximum atomic E-state index is 13.4. The number of hydrogen-bond acceptors (Lipinski definition) is 5. The van der Waals surface area contributed by atoms with Crippen molar-refractivity contribution < 1.29 is 17.6 Å². The average molecular weight is 531 g/mol. The van der Waals surface area contributed by atoms with Crippen LogP contribution in [0.4, 0.5) is 9.52 Å². The van der Waals surface area contributed by atoms with Crippen molar-refractivity contribution in [3.8, 4) is 21.7 Å². The summed E-state index contributed by atoms with van der Waals surface area (Å²) in [7, 11) is -3.33. The minimum atomic E-state index is -3.33. The highest BCUT2D eigenvalue weighted by Gasteiger charge is 2.18. The SMILES string of the molecule is CS(=O)(=O)c1ccc(-c2nc(NC(=O)c3ccc(Br)cc3)sc2-c2ccc(F)cc2)cc1. The third-order valence-corrected chi connectivity index (χ3v) is 7.29. The number of nitrogens with one attached hydrogen (secondary N) is 1. The lowest BCUT2D eigenvalue weighted by Crippen LogP contribution is -2.11. The summed E-state index contributed by atoms with van der Waals surface area (Å²) in [5.74, 6) is -0.669. The number of carbonyl (C=O) groups is 1. The molecule has 4 aromatic rings. The summed E-state index contributed by atoms with van der Waals surface area (Å²) >= 11 is 4.60. The number of rotatable bonds is 5. The number of thiazole rings is 1. The van der Waals surface area contributed by atoms with Crippen LogP contribution in [0.3, 0.4) is 0 Å². The van der Waals surface area contributed by atoms with E-state index in [4.69, 9.17) is 0 Å². The zero-order valence-corrected chi connectivity index (χ0v) is 19.9. The Kier molecular flexibility index (Phi) is 6.23. The van der Waals surface area contributed by atoms with Crippen molar-refractivity contribution in [1.29, 1.82) is 0 Å². The Bertz CT molecular complexity index is 1380. The van der Waals surface area contributed by atoms with Crippen molar-refractivity contribution in [2.75, 3.05) is 11.6 Å². The number of benzene rings is 3. The van der Waals surface area contributed by atoms with Gasteiger partial charge >= 0.3 is 0 Å². The van der Waals surface area contributed by atoms with Crippen LogP contribution in [-0.4, -0.2) is 25.6 Å². The van der Waals surface area contributed by atoms with Crippen LogP contribution >= 0.6 is 27.3 Å². The van der Waals surface area contributed by atoms with Crippen molar-refractivity contribution in [1.82, 2.24) is 4.98 Å². The molecule has 0 aliphatic heterocycles. The van der Waals surface area contributed by atoms with E-state index in [9.17, 15) is 17.6 Å². The van der Waals surface area contributed by atoms with E-state index >= 15 is 0 Å². The number of carbonyl (C=O) groups excluding carboxylic acids is 1. The van der Waals surface area contributed by atoms with E-state index in [1.54, 1.807) is 48.5 Å². The van der Waals surface area contributed by atoms with Gasteiger partial charge in [0.05, 0.1) is 15.5 Å². The Hall–Kier alpha value is -2.88. The quantitative estimate of drug-likeness (QED) is 0.341. The molecule has 1 aromatic heterocycles. The second kappa shape index (κ2) is 8.93. The molecule has 0 unspecified atom stereocenters. The average Bonchev–Trinajstić information content (AvgIpc) is 3.18.